The quantitative estimate of drug-likeness (QED) is 0.548. The van der Waals surface area contributed by atoms with E-state index in [4.69, 9.17) is 9.73 Å². The maximum Gasteiger partial charge on any atom is 0.219 e. The number of carbonyl (C=O) groups excluding carboxylic acids is 1. The Morgan fingerprint density at radius 2 is 1.97 bits per heavy atom. The first-order valence-corrected chi connectivity index (χ1v) is 12.7. The molecule has 0 spiro atoms. The molecule has 2 aliphatic rings. The predicted molar refractivity (Wildman–Crippen MR) is 140 cm³/mol. The number of rotatable bonds is 6. The van der Waals surface area contributed by atoms with Gasteiger partial charge < -0.3 is 14.5 Å². The zero-order valence-electron chi connectivity index (χ0n) is 22.0. The van der Waals surface area contributed by atoms with Crippen LogP contribution in [-0.2, 0) is 4.79 Å². The third-order valence-corrected chi connectivity index (χ3v) is 7.03. The highest BCUT2D eigenvalue weighted by Crippen LogP contribution is 2.29. The van der Waals surface area contributed by atoms with Gasteiger partial charge in [-0.05, 0) is 38.0 Å². The van der Waals surface area contributed by atoms with E-state index in [-0.39, 0.29) is 17.8 Å². The second-order valence-electron chi connectivity index (χ2n) is 9.68. The molecule has 2 aromatic rings. The number of likely N-dealkylation sites (tertiary alicyclic amines) is 2. The number of piperidine rings is 2. The van der Waals surface area contributed by atoms with Crippen molar-refractivity contribution < 1.29 is 18.3 Å². The van der Waals surface area contributed by atoms with Crippen LogP contribution in [0.1, 0.15) is 51.6 Å². The van der Waals surface area contributed by atoms with Crippen molar-refractivity contribution in [2.75, 3.05) is 26.2 Å². The van der Waals surface area contributed by atoms with Crippen molar-refractivity contribution in [1.82, 2.24) is 19.6 Å². The Labute approximate surface area is 221 Å². The number of halogens is 2. The van der Waals surface area contributed by atoms with Crippen LogP contribution in [0.25, 0.3) is 5.70 Å². The van der Waals surface area contributed by atoms with Crippen LogP contribution >= 0.6 is 0 Å². The topological polar surface area (TPSA) is 86.8 Å². The number of carbonyl (C=O) groups is 1. The van der Waals surface area contributed by atoms with Crippen LogP contribution in [0.4, 0.5) is 8.78 Å². The first-order valence-electron chi connectivity index (χ1n) is 12.7. The Hall–Kier alpha value is -4.00. The van der Waals surface area contributed by atoms with Crippen molar-refractivity contribution >= 4 is 17.3 Å². The molecular formula is C28H32F2N6O2. The molecule has 0 bridgehead atoms. The Morgan fingerprint density at radius 1 is 1.24 bits per heavy atom. The molecule has 2 fully saturated rings. The SMILES string of the molecule is C=C1CCN(C(C)=O)CC1=N/C(=C(\C)N1CCC(Oc2ccc(F)cc2F)CC1)c1cnn(C(C)C#N)c1. The Balaban J connectivity index is 1.59. The van der Waals surface area contributed by atoms with Gasteiger partial charge in [0.2, 0.25) is 5.91 Å². The van der Waals surface area contributed by atoms with E-state index in [2.05, 4.69) is 22.6 Å². The normalized spacial score (nSPS) is 19.3. The number of allylic oxidation sites excluding steroid dienone is 1. The number of amides is 1. The van der Waals surface area contributed by atoms with Crippen LogP contribution in [0.15, 0.2) is 53.4 Å². The highest BCUT2D eigenvalue weighted by atomic mass is 19.1. The molecule has 200 valence electrons. The third kappa shape index (κ3) is 6.10. The average molecular weight is 523 g/mol. The predicted octanol–water partition coefficient (Wildman–Crippen LogP) is 4.73. The first kappa shape index (κ1) is 27.0. The molecule has 1 aromatic carbocycles. The van der Waals surface area contributed by atoms with Crippen LogP contribution < -0.4 is 4.74 Å². The van der Waals surface area contributed by atoms with Crippen LogP contribution in [-0.4, -0.2) is 63.5 Å². The molecule has 2 aliphatic heterocycles. The molecule has 1 unspecified atom stereocenters. The van der Waals surface area contributed by atoms with E-state index in [0.717, 1.165) is 28.6 Å². The molecule has 0 radical (unpaired) electrons. The van der Waals surface area contributed by atoms with E-state index in [0.29, 0.717) is 51.1 Å². The maximum absolute atomic E-state index is 14.1. The van der Waals surface area contributed by atoms with E-state index in [9.17, 15) is 18.8 Å². The van der Waals surface area contributed by atoms with Crippen molar-refractivity contribution in [3.8, 4) is 11.8 Å². The number of hydrogen-bond donors (Lipinski definition) is 0. The second kappa shape index (κ2) is 11.6. The van der Waals surface area contributed by atoms with E-state index in [1.165, 1.54) is 12.1 Å². The fourth-order valence-corrected chi connectivity index (χ4v) is 4.60. The van der Waals surface area contributed by atoms with Gasteiger partial charge in [-0.15, -0.1) is 0 Å². The Kier molecular flexibility index (Phi) is 8.25. The minimum Gasteiger partial charge on any atom is -0.487 e. The summed E-state index contributed by atoms with van der Waals surface area (Å²) < 4.78 is 34.7. The van der Waals surface area contributed by atoms with E-state index >= 15 is 0 Å². The number of nitrogens with zero attached hydrogens (tertiary/aromatic N) is 6. The number of benzene rings is 1. The van der Waals surface area contributed by atoms with Crippen LogP contribution in [0, 0.1) is 23.0 Å². The molecule has 0 N–H and O–H groups in total. The van der Waals surface area contributed by atoms with Crippen molar-refractivity contribution in [1.29, 1.82) is 5.26 Å². The Bertz CT molecular complexity index is 1320. The molecule has 1 aromatic heterocycles. The molecule has 1 atom stereocenters. The first-order chi connectivity index (χ1) is 18.2. The largest absolute Gasteiger partial charge is 0.487 e. The molecule has 2 saturated heterocycles. The zero-order valence-corrected chi connectivity index (χ0v) is 22.0. The van der Waals surface area contributed by atoms with Crippen LogP contribution in [0.3, 0.4) is 0 Å². The lowest BCUT2D eigenvalue weighted by molar-refractivity contribution is -0.128. The Morgan fingerprint density at radius 3 is 2.63 bits per heavy atom. The van der Waals surface area contributed by atoms with Crippen molar-refractivity contribution in [3.63, 3.8) is 0 Å². The maximum atomic E-state index is 14.1. The molecule has 1 amide bonds. The molecular weight excluding hydrogens is 490 g/mol. The highest BCUT2D eigenvalue weighted by Gasteiger charge is 2.26. The summed E-state index contributed by atoms with van der Waals surface area (Å²) in [6.45, 7) is 11.8. The summed E-state index contributed by atoms with van der Waals surface area (Å²) in [5.74, 6) is -1.31. The molecule has 8 nitrogen and oxygen atoms in total. The summed E-state index contributed by atoms with van der Waals surface area (Å²) in [5.41, 5.74) is 4.01. The van der Waals surface area contributed by atoms with Crippen molar-refractivity contribution in [2.24, 2.45) is 4.99 Å². The van der Waals surface area contributed by atoms with Gasteiger partial charge in [-0.2, -0.15) is 10.4 Å². The van der Waals surface area contributed by atoms with Gasteiger partial charge in [0.15, 0.2) is 11.6 Å². The van der Waals surface area contributed by atoms with Gasteiger partial charge in [-0.25, -0.2) is 13.8 Å². The lowest BCUT2D eigenvalue weighted by atomic mass is 10.0. The van der Waals surface area contributed by atoms with E-state index in [1.54, 1.807) is 35.8 Å². The second-order valence-corrected chi connectivity index (χ2v) is 9.68. The summed E-state index contributed by atoms with van der Waals surface area (Å²) in [4.78, 5) is 21.0. The molecule has 4 rings (SSSR count). The van der Waals surface area contributed by atoms with Crippen LogP contribution in [0.2, 0.25) is 0 Å². The van der Waals surface area contributed by atoms with Gasteiger partial charge in [0.25, 0.3) is 0 Å². The van der Waals surface area contributed by atoms with Gasteiger partial charge in [0.05, 0.1) is 30.2 Å². The smallest absolute Gasteiger partial charge is 0.219 e. The molecule has 0 aliphatic carbocycles. The minimum absolute atomic E-state index is 0.0113. The fourth-order valence-electron chi connectivity index (χ4n) is 4.60. The van der Waals surface area contributed by atoms with Crippen molar-refractivity contribution in [2.45, 2.75) is 52.2 Å². The van der Waals surface area contributed by atoms with Gasteiger partial charge >= 0.3 is 0 Å². The van der Waals surface area contributed by atoms with E-state index in [1.807, 2.05) is 6.92 Å². The summed E-state index contributed by atoms with van der Waals surface area (Å²) >= 11 is 0. The summed E-state index contributed by atoms with van der Waals surface area (Å²) in [7, 11) is 0. The lowest BCUT2D eigenvalue weighted by Gasteiger charge is -2.35. The number of ether oxygens (including phenoxy) is 1. The molecule has 3 heterocycles. The minimum atomic E-state index is -0.711. The number of aliphatic imine (C=N–C) groups is 1. The van der Waals surface area contributed by atoms with Gasteiger partial charge in [-0.1, -0.05) is 6.58 Å². The lowest BCUT2D eigenvalue weighted by Crippen LogP contribution is -2.40. The molecule has 0 saturated carbocycles. The standard InChI is InChI=1S/C28H32F2N6O2/c1-18-7-10-35(21(4)37)17-26(18)33-28(22-15-32-36(16-22)19(2)14-31)20(3)34-11-8-24(9-12-34)38-27-6-5-23(29)13-25(27)30/h5-6,13,15-16,19,24H,1,7-12,17H2,2-4H3/b28-20+,33-26?. The highest BCUT2D eigenvalue weighted by molar-refractivity contribution is 6.06. The molecule has 38 heavy (non-hydrogen) atoms. The third-order valence-electron chi connectivity index (χ3n) is 7.03. The van der Waals surface area contributed by atoms with Crippen molar-refractivity contribution in [3.05, 3.63) is 65.6 Å². The van der Waals surface area contributed by atoms with Gasteiger partial charge in [0, 0.05) is 62.9 Å². The average Bonchev–Trinajstić information content (AvgIpc) is 3.39. The number of hydrogen-bond acceptors (Lipinski definition) is 6. The summed E-state index contributed by atoms with van der Waals surface area (Å²) in [6, 6.07) is 5.07. The fraction of sp³-hybridized carbons (Fsp3) is 0.429. The summed E-state index contributed by atoms with van der Waals surface area (Å²) in [6.07, 6.45) is 5.24. The summed E-state index contributed by atoms with van der Waals surface area (Å²) in [5, 5.41) is 13.7. The monoisotopic (exact) mass is 522 g/mol. The van der Waals surface area contributed by atoms with Crippen LogP contribution in [0.5, 0.6) is 5.75 Å². The number of nitriles is 1. The van der Waals surface area contributed by atoms with E-state index < -0.39 is 17.7 Å². The van der Waals surface area contributed by atoms with Gasteiger partial charge in [-0.3, -0.25) is 9.48 Å². The number of aromatic nitrogens is 2. The molecule has 10 heteroatoms. The van der Waals surface area contributed by atoms with Gasteiger partial charge in [0.1, 0.15) is 18.0 Å². The zero-order chi connectivity index (χ0) is 27.4.